The number of fused-ring (bicyclic) bond motifs is 6. The molecule has 0 radical (unpaired) electrons. The summed E-state index contributed by atoms with van der Waals surface area (Å²) in [7, 11) is 0. The first kappa shape index (κ1) is 23.7. The van der Waals surface area contributed by atoms with Crippen LogP contribution in [0, 0.1) is 0 Å². The molecule has 5 heteroatoms. The maximum atomic E-state index is 6.21. The molecule has 0 aromatic heterocycles. The fourth-order valence-electron chi connectivity index (χ4n) is 5.87. The number of benzene rings is 6. The molecular formula is C36H28N2O3. The lowest BCUT2D eigenvalue weighted by Gasteiger charge is -2.31. The van der Waals surface area contributed by atoms with E-state index in [4.69, 9.17) is 14.2 Å². The second-order valence-corrected chi connectivity index (χ2v) is 10.6. The van der Waals surface area contributed by atoms with Gasteiger partial charge in [-0.05, 0) is 59.3 Å². The van der Waals surface area contributed by atoms with Gasteiger partial charge in [-0.1, -0.05) is 72.8 Å². The largest absolute Gasteiger partial charge is 0.472 e. The van der Waals surface area contributed by atoms with Crippen LogP contribution in [-0.2, 0) is 13.1 Å². The minimum atomic E-state index is 0.517. The highest BCUT2D eigenvalue weighted by Crippen LogP contribution is 2.37. The Bertz CT molecular complexity index is 1740. The van der Waals surface area contributed by atoms with Gasteiger partial charge in [0.05, 0.1) is 0 Å². The van der Waals surface area contributed by atoms with Crippen LogP contribution >= 0.6 is 0 Å². The summed E-state index contributed by atoms with van der Waals surface area (Å²) in [6.07, 6.45) is 0. The van der Waals surface area contributed by atoms with E-state index >= 15 is 0 Å². The first-order valence-electron chi connectivity index (χ1n) is 13.9. The van der Waals surface area contributed by atoms with Crippen LogP contribution < -0.4 is 24.0 Å². The molecule has 0 amide bonds. The molecule has 41 heavy (non-hydrogen) atoms. The van der Waals surface area contributed by atoms with Crippen molar-refractivity contribution in [2.45, 2.75) is 13.1 Å². The second-order valence-electron chi connectivity index (χ2n) is 10.6. The summed E-state index contributed by atoms with van der Waals surface area (Å²) in [6, 6.07) is 41.8. The summed E-state index contributed by atoms with van der Waals surface area (Å²) in [5.74, 6) is 3.59. The molecule has 0 spiro atoms. The van der Waals surface area contributed by atoms with E-state index in [-0.39, 0.29) is 0 Å². The standard InChI is InChI=1S/C36H28N2O3/c1-3-7-33-25(5-1)9-11-27-21-37(23-39-35(27)33)29-13-17-31(18-14-29)41-32-19-15-30(16-20-32)38-22-28-12-10-26-6-2-4-8-34(26)36(28)40-24-38/h1-20H,21-24H2. The molecule has 2 aliphatic heterocycles. The van der Waals surface area contributed by atoms with Gasteiger partial charge >= 0.3 is 0 Å². The predicted molar refractivity (Wildman–Crippen MR) is 164 cm³/mol. The smallest absolute Gasteiger partial charge is 0.161 e. The van der Waals surface area contributed by atoms with E-state index in [0.717, 1.165) is 47.5 Å². The van der Waals surface area contributed by atoms with E-state index in [2.05, 4.69) is 107 Å². The lowest BCUT2D eigenvalue weighted by molar-refractivity contribution is 0.293. The summed E-state index contributed by atoms with van der Waals surface area (Å²) in [5, 5.41) is 4.76. The number of nitrogens with zero attached hydrogens (tertiary/aromatic N) is 2. The lowest BCUT2D eigenvalue weighted by Crippen LogP contribution is -2.31. The Labute approximate surface area is 238 Å². The number of hydrogen-bond donors (Lipinski definition) is 0. The van der Waals surface area contributed by atoms with E-state index in [0.29, 0.717) is 13.5 Å². The van der Waals surface area contributed by atoms with Gasteiger partial charge < -0.3 is 24.0 Å². The van der Waals surface area contributed by atoms with Crippen molar-refractivity contribution < 1.29 is 14.2 Å². The first-order valence-corrected chi connectivity index (χ1v) is 13.9. The van der Waals surface area contributed by atoms with E-state index in [1.807, 2.05) is 24.3 Å². The van der Waals surface area contributed by atoms with Crippen LogP contribution in [0.5, 0.6) is 23.0 Å². The molecule has 0 fully saturated rings. The van der Waals surface area contributed by atoms with Gasteiger partial charge in [-0.25, -0.2) is 0 Å². The SMILES string of the molecule is c1ccc2c3c(ccc2c1)CN(c1ccc(Oc2ccc(N4COc5c(ccc6ccccc56)C4)cc2)cc1)CO3. The highest BCUT2D eigenvalue weighted by molar-refractivity contribution is 5.90. The summed E-state index contributed by atoms with van der Waals surface area (Å²) in [4.78, 5) is 4.47. The Kier molecular flexibility index (Phi) is 5.66. The Balaban J connectivity index is 0.933. The van der Waals surface area contributed by atoms with Crippen molar-refractivity contribution in [2.75, 3.05) is 23.3 Å². The average Bonchev–Trinajstić information content (AvgIpc) is 3.05. The Hall–Kier alpha value is -5.16. The van der Waals surface area contributed by atoms with E-state index in [9.17, 15) is 0 Å². The molecule has 0 bridgehead atoms. The fraction of sp³-hybridized carbons (Fsp3) is 0.111. The third-order valence-corrected chi connectivity index (χ3v) is 8.01. The van der Waals surface area contributed by atoms with Crippen LogP contribution in [0.25, 0.3) is 21.5 Å². The van der Waals surface area contributed by atoms with Gasteiger partial charge in [0.15, 0.2) is 13.5 Å². The van der Waals surface area contributed by atoms with Gasteiger partial charge in [-0.2, -0.15) is 0 Å². The summed E-state index contributed by atoms with van der Waals surface area (Å²) >= 11 is 0. The number of hydrogen-bond acceptors (Lipinski definition) is 5. The average molecular weight is 537 g/mol. The Morgan fingerprint density at radius 1 is 0.463 bits per heavy atom. The molecule has 6 aromatic carbocycles. The van der Waals surface area contributed by atoms with Gasteiger partial charge in [-0.15, -0.1) is 0 Å². The summed E-state index contributed by atoms with van der Waals surface area (Å²) in [6.45, 7) is 2.65. The molecule has 2 aliphatic rings. The van der Waals surface area contributed by atoms with E-state index < -0.39 is 0 Å². The summed E-state index contributed by atoms with van der Waals surface area (Å²) < 4.78 is 18.6. The van der Waals surface area contributed by atoms with Crippen LogP contribution in [-0.4, -0.2) is 13.5 Å². The summed E-state index contributed by atoms with van der Waals surface area (Å²) in [5.41, 5.74) is 4.60. The molecule has 0 N–H and O–H groups in total. The molecular weight excluding hydrogens is 508 g/mol. The highest BCUT2D eigenvalue weighted by Gasteiger charge is 2.21. The van der Waals surface area contributed by atoms with Crippen molar-refractivity contribution in [3.63, 3.8) is 0 Å². The molecule has 0 atom stereocenters. The molecule has 0 aliphatic carbocycles. The van der Waals surface area contributed by atoms with Gasteiger partial charge in [0.1, 0.15) is 23.0 Å². The first-order chi connectivity index (χ1) is 20.3. The van der Waals surface area contributed by atoms with Crippen LogP contribution in [0.15, 0.2) is 121 Å². The molecule has 8 rings (SSSR count). The Morgan fingerprint density at radius 3 is 1.37 bits per heavy atom. The number of anilines is 2. The molecule has 0 saturated carbocycles. The van der Waals surface area contributed by atoms with Crippen LogP contribution in [0.4, 0.5) is 11.4 Å². The minimum absolute atomic E-state index is 0.517. The Morgan fingerprint density at radius 2 is 0.902 bits per heavy atom. The molecule has 0 unspecified atom stereocenters. The van der Waals surface area contributed by atoms with Crippen molar-refractivity contribution in [2.24, 2.45) is 0 Å². The maximum absolute atomic E-state index is 6.21. The lowest BCUT2D eigenvalue weighted by atomic mass is 10.0. The quantitative estimate of drug-likeness (QED) is 0.226. The monoisotopic (exact) mass is 536 g/mol. The molecule has 5 nitrogen and oxygen atoms in total. The van der Waals surface area contributed by atoms with Crippen molar-refractivity contribution in [3.05, 3.63) is 132 Å². The normalized spacial score (nSPS) is 14.2. The maximum Gasteiger partial charge on any atom is 0.161 e. The molecule has 6 aromatic rings. The van der Waals surface area contributed by atoms with Crippen LogP contribution in [0.2, 0.25) is 0 Å². The minimum Gasteiger partial charge on any atom is -0.472 e. The van der Waals surface area contributed by atoms with E-state index in [1.165, 1.54) is 32.7 Å². The van der Waals surface area contributed by atoms with Crippen molar-refractivity contribution in [3.8, 4) is 23.0 Å². The topological polar surface area (TPSA) is 34.2 Å². The zero-order valence-electron chi connectivity index (χ0n) is 22.5. The highest BCUT2D eigenvalue weighted by atomic mass is 16.5. The third kappa shape index (κ3) is 4.36. The third-order valence-electron chi connectivity index (χ3n) is 8.01. The van der Waals surface area contributed by atoms with Gasteiger partial charge in [0, 0.05) is 46.4 Å². The van der Waals surface area contributed by atoms with Crippen LogP contribution in [0.3, 0.4) is 0 Å². The van der Waals surface area contributed by atoms with Crippen molar-refractivity contribution in [1.29, 1.82) is 0 Å². The molecule has 2 heterocycles. The van der Waals surface area contributed by atoms with Gasteiger partial charge in [0.2, 0.25) is 0 Å². The second kappa shape index (κ2) is 9.79. The fourth-order valence-corrected chi connectivity index (χ4v) is 5.87. The van der Waals surface area contributed by atoms with Crippen LogP contribution in [0.1, 0.15) is 11.1 Å². The van der Waals surface area contributed by atoms with E-state index in [1.54, 1.807) is 0 Å². The number of rotatable bonds is 4. The van der Waals surface area contributed by atoms with Gasteiger partial charge in [-0.3, -0.25) is 0 Å². The zero-order valence-corrected chi connectivity index (χ0v) is 22.5. The molecule has 0 saturated heterocycles. The zero-order chi connectivity index (χ0) is 27.2. The van der Waals surface area contributed by atoms with Crippen molar-refractivity contribution in [1.82, 2.24) is 0 Å². The number of ether oxygens (including phenoxy) is 3. The predicted octanol–water partition coefficient (Wildman–Crippen LogP) is 8.50. The van der Waals surface area contributed by atoms with Gasteiger partial charge in [0.25, 0.3) is 0 Å². The molecule has 200 valence electrons. The van der Waals surface area contributed by atoms with Crippen molar-refractivity contribution >= 4 is 32.9 Å².